The van der Waals surface area contributed by atoms with Crippen LogP contribution in [-0.4, -0.2) is 22.7 Å². The van der Waals surface area contributed by atoms with Crippen LogP contribution in [0.4, 0.5) is 0 Å². The number of nitrogens with zero attached hydrogens (tertiary/aromatic N) is 1. The number of rotatable bonds is 4. The van der Waals surface area contributed by atoms with Gasteiger partial charge in [-0.05, 0) is 6.07 Å². The van der Waals surface area contributed by atoms with Crippen LogP contribution in [0, 0.1) is 12.3 Å². The first-order valence-electron chi connectivity index (χ1n) is 5.41. The molecule has 4 heteroatoms. The van der Waals surface area contributed by atoms with Gasteiger partial charge >= 0.3 is 5.97 Å². The summed E-state index contributed by atoms with van der Waals surface area (Å²) in [4.78, 5) is 15.5. The first-order valence-corrected chi connectivity index (χ1v) is 5.41. The molecule has 2 aromatic rings. The van der Waals surface area contributed by atoms with E-state index in [9.17, 15) is 9.90 Å². The molecule has 0 saturated carbocycles. The lowest BCUT2D eigenvalue weighted by Crippen LogP contribution is -2.05. The first-order chi connectivity index (χ1) is 8.74. The zero-order valence-electron chi connectivity index (χ0n) is 9.59. The van der Waals surface area contributed by atoms with E-state index in [0.717, 1.165) is 0 Å². The van der Waals surface area contributed by atoms with Crippen LogP contribution in [0.5, 0.6) is 5.75 Å². The SMILES string of the molecule is C#CCCOc1cnc2ccccc2c1C(=O)O. The van der Waals surface area contributed by atoms with E-state index in [1.54, 1.807) is 24.3 Å². The maximum absolute atomic E-state index is 11.3. The van der Waals surface area contributed by atoms with Crippen molar-refractivity contribution in [1.29, 1.82) is 0 Å². The van der Waals surface area contributed by atoms with Gasteiger partial charge in [0.25, 0.3) is 0 Å². The Labute approximate surface area is 104 Å². The molecule has 0 fully saturated rings. The number of ether oxygens (including phenoxy) is 1. The quantitative estimate of drug-likeness (QED) is 0.659. The van der Waals surface area contributed by atoms with E-state index in [1.165, 1.54) is 6.20 Å². The molecule has 1 aromatic heterocycles. The second kappa shape index (κ2) is 5.19. The van der Waals surface area contributed by atoms with Crippen molar-refractivity contribution < 1.29 is 14.6 Å². The molecule has 90 valence electrons. The lowest BCUT2D eigenvalue weighted by molar-refractivity contribution is 0.0694. The summed E-state index contributed by atoms with van der Waals surface area (Å²) in [6.07, 6.45) is 6.96. The van der Waals surface area contributed by atoms with Crippen LogP contribution in [0.25, 0.3) is 10.9 Å². The summed E-state index contributed by atoms with van der Waals surface area (Å²) >= 11 is 0. The number of carboxylic acids is 1. The molecule has 0 atom stereocenters. The van der Waals surface area contributed by atoms with Crippen LogP contribution in [0.2, 0.25) is 0 Å². The van der Waals surface area contributed by atoms with Gasteiger partial charge in [0.05, 0.1) is 18.3 Å². The predicted molar refractivity (Wildman–Crippen MR) is 67.6 cm³/mol. The van der Waals surface area contributed by atoms with Crippen molar-refractivity contribution in [2.24, 2.45) is 0 Å². The summed E-state index contributed by atoms with van der Waals surface area (Å²) in [5.41, 5.74) is 0.747. The van der Waals surface area contributed by atoms with Crippen LogP contribution in [0.3, 0.4) is 0 Å². The average Bonchev–Trinajstić information content (AvgIpc) is 2.38. The lowest BCUT2D eigenvalue weighted by Gasteiger charge is -2.09. The third-order valence-corrected chi connectivity index (χ3v) is 2.46. The molecular formula is C14H11NO3. The molecule has 0 aliphatic rings. The number of pyridine rings is 1. The highest BCUT2D eigenvalue weighted by molar-refractivity contribution is 6.04. The monoisotopic (exact) mass is 241 g/mol. The summed E-state index contributed by atoms with van der Waals surface area (Å²) in [7, 11) is 0. The van der Waals surface area contributed by atoms with Gasteiger partial charge in [0.2, 0.25) is 0 Å². The molecule has 1 aromatic carbocycles. The third-order valence-electron chi connectivity index (χ3n) is 2.46. The van der Waals surface area contributed by atoms with Crippen molar-refractivity contribution in [3.05, 3.63) is 36.0 Å². The number of hydrogen-bond donors (Lipinski definition) is 1. The molecule has 18 heavy (non-hydrogen) atoms. The standard InChI is InChI=1S/C14H11NO3/c1-2-3-8-18-12-9-15-11-7-5-4-6-10(11)13(12)14(16)17/h1,4-7,9H,3,8H2,(H,16,17). The second-order valence-corrected chi connectivity index (χ2v) is 3.62. The van der Waals surface area contributed by atoms with E-state index in [-0.39, 0.29) is 17.9 Å². The number of terminal acetylenes is 1. The van der Waals surface area contributed by atoms with Crippen molar-refractivity contribution >= 4 is 16.9 Å². The van der Waals surface area contributed by atoms with E-state index < -0.39 is 5.97 Å². The number of aromatic nitrogens is 1. The minimum absolute atomic E-state index is 0.123. The van der Waals surface area contributed by atoms with Crippen LogP contribution >= 0.6 is 0 Å². The number of carboxylic acid groups (broad SMARTS) is 1. The third kappa shape index (κ3) is 2.25. The molecule has 0 aliphatic carbocycles. The number of para-hydroxylation sites is 1. The van der Waals surface area contributed by atoms with Crippen molar-refractivity contribution in [3.8, 4) is 18.1 Å². The number of aromatic carboxylic acids is 1. The highest BCUT2D eigenvalue weighted by Crippen LogP contribution is 2.26. The molecule has 1 N–H and O–H groups in total. The summed E-state index contributed by atoms with van der Waals surface area (Å²) in [6, 6.07) is 7.04. The average molecular weight is 241 g/mol. The molecule has 0 amide bonds. The van der Waals surface area contributed by atoms with Crippen LogP contribution in [0.15, 0.2) is 30.5 Å². The number of benzene rings is 1. The fourth-order valence-corrected chi connectivity index (χ4v) is 1.67. The Morgan fingerprint density at radius 2 is 2.22 bits per heavy atom. The Balaban J connectivity index is 2.50. The zero-order valence-corrected chi connectivity index (χ0v) is 9.59. The van der Waals surface area contributed by atoms with Crippen molar-refractivity contribution in [1.82, 2.24) is 4.98 Å². The number of hydrogen-bond acceptors (Lipinski definition) is 3. The van der Waals surface area contributed by atoms with Crippen LogP contribution in [0.1, 0.15) is 16.8 Å². The summed E-state index contributed by atoms with van der Waals surface area (Å²) in [5.74, 6) is 1.64. The highest BCUT2D eigenvalue weighted by Gasteiger charge is 2.16. The van der Waals surface area contributed by atoms with Gasteiger partial charge in [-0.25, -0.2) is 4.79 Å². The van der Waals surface area contributed by atoms with E-state index >= 15 is 0 Å². The first kappa shape index (κ1) is 11.9. The van der Waals surface area contributed by atoms with Crippen LogP contribution in [-0.2, 0) is 0 Å². The summed E-state index contributed by atoms with van der Waals surface area (Å²) in [5, 5.41) is 9.83. The van der Waals surface area contributed by atoms with Crippen molar-refractivity contribution in [2.75, 3.05) is 6.61 Å². The van der Waals surface area contributed by atoms with Crippen LogP contribution < -0.4 is 4.74 Å². The molecule has 1 heterocycles. The molecule has 4 nitrogen and oxygen atoms in total. The lowest BCUT2D eigenvalue weighted by atomic mass is 10.1. The zero-order chi connectivity index (χ0) is 13.0. The molecule has 0 spiro atoms. The maximum Gasteiger partial charge on any atom is 0.340 e. The van der Waals surface area contributed by atoms with Gasteiger partial charge in [0, 0.05) is 11.8 Å². The number of carbonyl (C=O) groups is 1. The van der Waals surface area contributed by atoms with Crippen molar-refractivity contribution in [2.45, 2.75) is 6.42 Å². The minimum atomic E-state index is -1.04. The van der Waals surface area contributed by atoms with E-state index in [4.69, 9.17) is 11.2 Å². The smallest absolute Gasteiger partial charge is 0.340 e. The molecular weight excluding hydrogens is 230 g/mol. The van der Waals surface area contributed by atoms with Gasteiger partial charge in [0.15, 0.2) is 5.75 Å². The Bertz CT molecular complexity index is 628. The summed E-state index contributed by atoms with van der Waals surface area (Å²) < 4.78 is 5.36. The summed E-state index contributed by atoms with van der Waals surface area (Å²) in [6.45, 7) is 0.275. The molecule has 0 aliphatic heterocycles. The van der Waals surface area contributed by atoms with E-state index in [2.05, 4.69) is 10.9 Å². The van der Waals surface area contributed by atoms with Gasteiger partial charge in [0.1, 0.15) is 5.56 Å². The predicted octanol–water partition coefficient (Wildman–Crippen LogP) is 2.34. The van der Waals surface area contributed by atoms with Gasteiger partial charge in [-0.2, -0.15) is 0 Å². The Morgan fingerprint density at radius 3 is 2.94 bits per heavy atom. The minimum Gasteiger partial charge on any atom is -0.490 e. The highest BCUT2D eigenvalue weighted by atomic mass is 16.5. The molecule has 0 unspecified atom stereocenters. The number of fused-ring (bicyclic) bond motifs is 1. The Morgan fingerprint density at radius 1 is 1.44 bits per heavy atom. The molecule has 0 bridgehead atoms. The fourth-order valence-electron chi connectivity index (χ4n) is 1.67. The fraction of sp³-hybridized carbons (Fsp3) is 0.143. The van der Waals surface area contributed by atoms with E-state index in [0.29, 0.717) is 17.3 Å². The van der Waals surface area contributed by atoms with E-state index in [1.807, 2.05) is 0 Å². The molecule has 2 rings (SSSR count). The van der Waals surface area contributed by atoms with Gasteiger partial charge in [-0.1, -0.05) is 18.2 Å². The van der Waals surface area contributed by atoms with Crippen molar-refractivity contribution in [3.63, 3.8) is 0 Å². The largest absolute Gasteiger partial charge is 0.490 e. The maximum atomic E-state index is 11.3. The molecule has 0 radical (unpaired) electrons. The normalized spacial score (nSPS) is 9.94. The Hall–Kier alpha value is -2.54. The van der Waals surface area contributed by atoms with Gasteiger partial charge in [-0.3, -0.25) is 4.98 Å². The second-order valence-electron chi connectivity index (χ2n) is 3.62. The van der Waals surface area contributed by atoms with Gasteiger partial charge < -0.3 is 9.84 Å². The Kier molecular flexibility index (Phi) is 3.44. The molecule has 0 saturated heterocycles. The van der Waals surface area contributed by atoms with Gasteiger partial charge in [-0.15, -0.1) is 12.3 Å². The topological polar surface area (TPSA) is 59.4 Å².